The highest BCUT2D eigenvalue weighted by atomic mass is 16.2. The van der Waals surface area contributed by atoms with Gasteiger partial charge in [-0.15, -0.1) is 0 Å². The highest BCUT2D eigenvalue weighted by molar-refractivity contribution is 5.94. The van der Waals surface area contributed by atoms with Crippen molar-refractivity contribution in [2.24, 2.45) is 0 Å². The minimum atomic E-state index is -0.236. The van der Waals surface area contributed by atoms with E-state index in [4.69, 9.17) is 5.26 Å². The lowest BCUT2D eigenvalue weighted by molar-refractivity contribution is 0.0724. The van der Waals surface area contributed by atoms with Crippen molar-refractivity contribution in [3.05, 3.63) is 69.8 Å². The molecule has 0 radical (unpaired) electrons. The van der Waals surface area contributed by atoms with Crippen LogP contribution < -0.4 is 5.56 Å². The Morgan fingerprint density at radius 2 is 1.93 bits per heavy atom. The third-order valence-electron chi connectivity index (χ3n) is 5.28. The Balaban J connectivity index is 1.61. The molecule has 1 amide bonds. The number of nitrogens with one attached hydrogen (secondary N) is 1. The number of aromatic amines is 1. The molecule has 0 saturated carbocycles. The third-order valence-corrected chi connectivity index (χ3v) is 5.28. The Kier molecular flexibility index (Phi) is 5.00. The second-order valence-electron chi connectivity index (χ2n) is 7.23. The normalized spacial score (nSPS) is 13.9. The quantitative estimate of drug-likeness (QED) is 0.747. The smallest absolute Gasteiger partial charge is 0.280 e. The largest absolute Gasteiger partial charge is 0.339 e. The third kappa shape index (κ3) is 3.57. The molecule has 3 aromatic rings. The summed E-state index contributed by atoms with van der Waals surface area (Å²) in [6.45, 7) is 3.43. The van der Waals surface area contributed by atoms with Crippen LogP contribution in [0.15, 0.2) is 47.5 Å². The Bertz CT molecular complexity index is 1150. The minimum Gasteiger partial charge on any atom is -0.339 e. The predicted molar refractivity (Wildman–Crippen MR) is 109 cm³/mol. The van der Waals surface area contributed by atoms with E-state index in [1.807, 2.05) is 11.8 Å². The van der Waals surface area contributed by atoms with Crippen molar-refractivity contribution in [1.82, 2.24) is 19.7 Å². The predicted octanol–water partition coefficient (Wildman–Crippen LogP) is 3.03. The lowest BCUT2D eigenvalue weighted by Crippen LogP contribution is -2.35. The molecule has 2 aromatic heterocycles. The number of hydrogen-bond acceptors (Lipinski definition) is 4. The molecule has 3 heterocycles. The van der Waals surface area contributed by atoms with Gasteiger partial charge in [0.05, 0.1) is 22.8 Å². The van der Waals surface area contributed by atoms with Crippen LogP contribution in [0.5, 0.6) is 0 Å². The first kappa shape index (κ1) is 18.7. The van der Waals surface area contributed by atoms with Gasteiger partial charge in [-0.1, -0.05) is 6.07 Å². The Labute approximate surface area is 168 Å². The molecule has 1 aliphatic heterocycles. The van der Waals surface area contributed by atoms with Gasteiger partial charge in [0.1, 0.15) is 0 Å². The van der Waals surface area contributed by atoms with Crippen LogP contribution in [0.1, 0.15) is 40.7 Å². The van der Waals surface area contributed by atoms with Crippen LogP contribution in [0.3, 0.4) is 0 Å². The van der Waals surface area contributed by atoms with Crippen LogP contribution in [-0.2, 0) is 0 Å². The highest BCUT2D eigenvalue weighted by Crippen LogP contribution is 2.21. The Morgan fingerprint density at radius 1 is 1.14 bits per heavy atom. The van der Waals surface area contributed by atoms with Gasteiger partial charge in [0, 0.05) is 25.5 Å². The number of hydrogen-bond donors (Lipinski definition) is 1. The van der Waals surface area contributed by atoms with Gasteiger partial charge in [-0.25, -0.2) is 9.67 Å². The molecule has 1 aromatic carbocycles. The maximum atomic E-state index is 12.9. The molecule has 1 aliphatic rings. The Hall–Kier alpha value is -3.66. The number of nitrogens with zero attached hydrogens (tertiary/aromatic N) is 4. The summed E-state index contributed by atoms with van der Waals surface area (Å²) < 4.78 is 1.35. The lowest BCUT2D eigenvalue weighted by Gasteiger charge is -2.26. The van der Waals surface area contributed by atoms with E-state index in [9.17, 15) is 9.59 Å². The van der Waals surface area contributed by atoms with E-state index in [-0.39, 0.29) is 11.5 Å². The van der Waals surface area contributed by atoms with Gasteiger partial charge >= 0.3 is 0 Å². The number of rotatable bonds is 3. The molecule has 1 N–H and O–H groups in total. The van der Waals surface area contributed by atoms with Crippen LogP contribution >= 0.6 is 0 Å². The van der Waals surface area contributed by atoms with Crippen LogP contribution in [0.25, 0.3) is 16.9 Å². The molecule has 0 atom stereocenters. The van der Waals surface area contributed by atoms with Crippen molar-refractivity contribution < 1.29 is 4.79 Å². The molecule has 0 bridgehead atoms. The topological polar surface area (TPSA) is 94.8 Å². The van der Waals surface area contributed by atoms with Gasteiger partial charge in [0.15, 0.2) is 5.82 Å². The fourth-order valence-electron chi connectivity index (χ4n) is 3.69. The zero-order valence-corrected chi connectivity index (χ0v) is 16.2. The van der Waals surface area contributed by atoms with E-state index in [0.717, 1.165) is 43.5 Å². The maximum Gasteiger partial charge on any atom is 0.280 e. The summed E-state index contributed by atoms with van der Waals surface area (Å²) in [7, 11) is 0. The maximum absolute atomic E-state index is 12.9. The summed E-state index contributed by atoms with van der Waals surface area (Å²) in [6.07, 6.45) is 6.38. The second-order valence-corrected chi connectivity index (χ2v) is 7.23. The molecular formula is C22H21N5O2. The number of aryl methyl sites for hydroxylation is 1. The molecule has 146 valence electrons. The molecule has 0 unspecified atom stereocenters. The molecule has 7 heteroatoms. The van der Waals surface area contributed by atoms with Gasteiger partial charge in [0.2, 0.25) is 0 Å². The van der Waals surface area contributed by atoms with Gasteiger partial charge < -0.3 is 4.90 Å². The summed E-state index contributed by atoms with van der Waals surface area (Å²) in [6, 6.07) is 10.7. The van der Waals surface area contributed by atoms with Gasteiger partial charge in [0.25, 0.3) is 11.5 Å². The molecular weight excluding hydrogens is 366 g/mol. The number of H-pyrrole nitrogens is 1. The number of carbonyl (C=O) groups excluding carboxylic acids is 1. The fraction of sp³-hybridized carbons (Fsp3) is 0.273. The van der Waals surface area contributed by atoms with E-state index in [1.165, 1.54) is 10.9 Å². The van der Waals surface area contributed by atoms with Crippen LogP contribution in [-0.4, -0.2) is 38.7 Å². The number of benzene rings is 1. The summed E-state index contributed by atoms with van der Waals surface area (Å²) in [5, 5.41) is 12.0. The summed E-state index contributed by atoms with van der Waals surface area (Å²) in [5.74, 6) is 0.402. The lowest BCUT2D eigenvalue weighted by atomic mass is 10.0. The first-order chi connectivity index (χ1) is 14.1. The first-order valence-electron chi connectivity index (χ1n) is 9.66. The van der Waals surface area contributed by atoms with Gasteiger partial charge in [-0.3, -0.25) is 14.7 Å². The van der Waals surface area contributed by atoms with Crippen LogP contribution in [0, 0.1) is 18.3 Å². The molecule has 1 fully saturated rings. The number of amides is 1. The van der Waals surface area contributed by atoms with Gasteiger partial charge in [-0.2, -0.15) is 5.26 Å². The average Bonchev–Trinajstić information content (AvgIpc) is 3.15. The van der Waals surface area contributed by atoms with Crippen molar-refractivity contribution in [3.8, 4) is 23.0 Å². The number of likely N-dealkylation sites (tertiary alicyclic amines) is 1. The van der Waals surface area contributed by atoms with Crippen molar-refractivity contribution in [2.75, 3.05) is 13.1 Å². The molecule has 0 spiro atoms. The van der Waals surface area contributed by atoms with E-state index >= 15 is 0 Å². The standard InChI is InChI=1S/C22H21N5O2/c1-15-11-16(12-23)5-7-18(15)19-14-25-27(22(19)29)20-8-6-17(13-24-20)21(28)26-9-3-2-4-10-26/h5-8,11,13-14,25H,2-4,9-10H2,1H3. The van der Waals surface area contributed by atoms with E-state index in [1.54, 1.807) is 36.5 Å². The average molecular weight is 387 g/mol. The van der Waals surface area contributed by atoms with Crippen molar-refractivity contribution >= 4 is 5.91 Å². The van der Waals surface area contributed by atoms with E-state index in [0.29, 0.717) is 22.5 Å². The van der Waals surface area contributed by atoms with Crippen molar-refractivity contribution in [2.45, 2.75) is 26.2 Å². The molecule has 4 rings (SSSR count). The monoisotopic (exact) mass is 387 g/mol. The van der Waals surface area contributed by atoms with Crippen LogP contribution in [0.2, 0.25) is 0 Å². The second kappa shape index (κ2) is 7.76. The summed E-state index contributed by atoms with van der Waals surface area (Å²) in [4.78, 5) is 31.7. The number of carbonyl (C=O) groups is 1. The van der Waals surface area contributed by atoms with Crippen molar-refractivity contribution in [1.29, 1.82) is 5.26 Å². The number of aromatic nitrogens is 3. The first-order valence-corrected chi connectivity index (χ1v) is 9.66. The Morgan fingerprint density at radius 3 is 2.59 bits per heavy atom. The van der Waals surface area contributed by atoms with E-state index in [2.05, 4.69) is 16.2 Å². The molecule has 7 nitrogen and oxygen atoms in total. The molecule has 29 heavy (non-hydrogen) atoms. The summed E-state index contributed by atoms with van der Waals surface area (Å²) >= 11 is 0. The zero-order valence-electron chi connectivity index (χ0n) is 16.2. The SMILES string of the molecule is Cc1cc(C#N)ccc1-c1c[nH]n(-c2ccc(C(=O)N3CCCCC3)cn2)c1=O. The summed E-state index contributed by atoms with van der Waals surface area (Å²) in [5.41, 5.74) is 2.96. The zero-order chi connectivity index (χ0) is 20.4. The highest BCUT2D eigenvalue weighted by Gasteiger charge is 2.19. The minimum absolute atomic E-state index is 0.0171. The number of nitriles is 1. The van der Waals surface area contributed by atoms with E-state index < -0.39 is 0 Å². The number of piperidine rings is 1. The van der Waals surface area contributed by atoms with Gasteiger partial charge in [-0.05, 0) is 61.6 Å². The fourth-order valence-corrected chi connectivity index (χ4v) is 3.69. The molecule has 1 saturated heterocycles. The van der Waals surface area contributed by atoms with Crippen LogP contribution in [0.4, 0.5) is 0 Å². The molecule has 0 aliphatic carbocycles. The number of pyridine rings is 1. The van der Waals surface area contributed by atoms with Crippen molar-refractivity contribution in [3.63, 3.8) is 0 Å².